The first kappa shape index (κ1) is 17.0. The van der Waals surface area contributed by atoms with Crippen molar-refractivity contribution < 1.29 is 9.53 Å². The van der Waals surface area contributed by atoms with Crippen molar-refractivity contribution in [2.45, 2.75) is 64.1 Å². The molecule has 0 aromatic heterocycles. The van der Waals surface area contributed by atoms with Crippen molar-refractivity contribution >= 4 is 6.03 Å². The maximum absolute atomic E-state index is 12.6. The Morgan fingerprint density at radius 3 is 2.57 bits per heavy atom. The van der Waals surface area contributed by atoms with Crippen LogP contribution in [0.25, 0.3) is 0 Å². The fourth-order valence-electron chi connectivity index (χ4n) is 4.28. The van der Waals surface area contributed by atoms with Gasteiger partial charge in [0.25, 0.3) is 0 Å². The molecule has 0 unspecified atom stereocenters. The summed E-state index contributed by atoms with van der Waals surface area (Å²) in [5.74, 6) is 0.926. The Labute approximate surface area is 140 Å². The van der Waals surface area contributed by atoms with Gasteiger partial charge in [-0.2, -0.15) is 0 Å². The molecule has 0 bridgehead atoms. The molecule has 3 aliphatic rings. The Balaban J connectivity index is 1.49. The fourth-order valence-corrected chi connectivity index (χ4v) is 4.28. The molecule has 1 N–H and O–H groups in total. The second-order valence-corrected chi connectivity index (χ2v) is 8.63. The van der Waals surface area contributed by atoms with Crippen molar-refractivity contribution in [1.29, 1.82) is 0 Å². The molecule has 1 heterocycles. The first-order valence-electron chi connectivity index (χ1n) is 9.07. The second-order valence-electron chi connectivity index (χ2n) is 8.63. The Morgan fingerprint density at radius 2 is 2.00 bits per heavy atom. The van der Waals surface area contributed by atoms with Gasteiger partial charge in [0.2, 0.25) is 0 Å². The molecule has 1 saturated heterocycles. The summed E-state index contributed by atoms with van der Waals surface area (Å²) in [4.78, 5) is 17.0. The lowest BCUT2D eigenvalue weighted by molar-refractivity contribution is -0.198. The summed E-state index contributed by atoms with van der Waals surface area (Å²) < 4.78 is 5.67. The van der Waals surface area contributed by atoms with Gasteiger partial charge in [0.1, 0.15) is 0 Å². The van der Waals surface area contributed by atoms with Gasteiger partial charge in [-0.1, -0.05) is 13.8 Å². The summed E-state index contributed by atoms with van der Waals surface area (Å²) in [6.07, 6.45) is 4.77. The molecule has 2 saturated carbocycles. The van der Waals surface area contributed by atoms with Crippen LogP contribution in [0.5, 0.6) is 0 Å². The number of carbonyl (C=O) groups excluding carboxylic acids is 1. The van der Waals surface area contributed by atoms with Crippen LogP contribution < -0.4 is 5.32 Å². The number of urea groups is 1. The van der Waals surface area contributed by atoms with Crippen molar-refractivity contribution in [3.05, 3.63) is 0 Å². The number of ether oxygens (including phenoxy) is 1. The average Bonchev–Trinajstić information content (AvgIpc) is 3.22. The van der Waals surface area contributed by atoms with Crippen LogP contribution in [-0.2, 0) is 4.74 Å². The van der Waals surface area contributed by atoms with E-state index in [2.05, 4.69) is 31.0 Å². The van der Waals surface area contributed by atoms with E-state index in [-0.39, 0.29) is 23.1 Å². The maximum atomic E-state index is 12.6. The largest absolute Gasteiger partial charge is 0.378 e. The van der Waals surface area contributed by atoms with Crippen LogP contribution in [0.2, 0.25) is 0 Å². The molecular weight excluding hydrogens is 290 g/mol. The van der Waals surface area contributed by atoms with E-state index < -0.39 is 0 Å². The van der Waals surface area contributed by atoms with E-state index in [1.165, 1.54) is 19.4 Å². The van der Waals surface area contributed by atoms with E-state index >= 15 is 0 Å². The third-order valence-electron chi connectivity index (χ3n) is 6.83. The Bertz CT molecular complexity index is 463. The van der Waals surface area contributed by atoms with E-state index in [0.29, 0.717) is 6.04 Å². The zero-order chi connectivity index (χ0) is 16.8. The topological polar surface area (TPSA) is 44.8 Å². The number of hydrogen-bond donors (Lipinski definition) is 1. The minimum Gasteiger partial charge on any atom is -0.378 e. The summed E-state index contributed by atoms with van der Waals surface area (Å²) in [5.41, 5.74) is -0.165. The summed E-state index contributed by atoms with van der Waals surface area (Å²) >= 11 is 0. The molecule has 0 spiro atoms. The number of nitrogens with one attached hydrogen (secondary N) is 1. The van der Waals surface area contributed by atoms with Crippen LogP contribution in [0, 0.1) is 11.3 Å². The van der Waals surface area contributed by atoms with Gasteiger partial charge < -0.3 is 19.9 Å². The van der Waals surface area contributed by atoms with Crippen LogP contribution in [0.4, 0.5) is 4.79 Å². The number of rotatable bonds is 5. The molecule has 3 atom stereocenters. The third-order valence-corrected chi connectivity index (χ3v) is 6.83. The van der Waals surface area contributed by atoms with Gasteiger partial charge in [0.15, 0.2) is 0 Å². The second kappa shape index (κ2) is 5.92. The molecule has 3 fully saturated rings. The molecule has 23 heavy (non-hydrogen) atoms. The van der Waals surface area contributed by atoms with Gasteiger partial charge in [0.05, 0.1) is 5.60 Å². The van der Waals surface area contributed by atoms with Gasteiger partial charge in [0, 0.05) is 51.3 Å². The van der Waals surface area contributed by atoms with Crippen molar-refractivity contribution in [2.75, 3.05) is 33.8 Å². The lowest BCUT2D eigenvalue weighted by atomic mass is 9.55. The van der Waals surface area contributed by atoms with E-state index in [9.17, 15) is 4.79 Å². The highest BCUT2D eigenvalue weighted by Crippen LogP contribution is 2.53. The first-order valence-corrected chi connectivity index (χ1v) is 9.07. The van der Waals surface area contributed by atoms with Crippen molar-refractivity contribution in [3.8, 4) is 0 Å². The number of amides is 2. The number of likely N-dealkylation sites (tertiary alicyclic amines) is 1. The van der Waals surface area contributed by atoms with Crippen LogP contribution in [-0.4, -0.2) is 67.3 Å². The first-order chi connectivity index (χ1) is 10.8. The van der Waals surface area contributed by atoms with Gasteiger partial charge in [-0.05, 0) is 38.5 Å². The van der Waals surface area contributed by atoms with Gasteiger partial charge in [-0.15, -0.1) is 0 Å². The lowest BCUT2D eigenvalue weighted by Gasteiger charge is -2.61. The number of methoxy groups -OCH3 is 1. The van der Waals surface area contributed by atoms with E-state index in [0.717, 1.165) is 31.8 Å². The highest BCUT2D eigenvalue weighted by molar-refractivity contribution is 5.75. The average molecular weight is 323 g/mol. The fraction of sp³-hybridized carbons (Fsp3) is 0.944. The Morgan fingerprint density at radius 1 is 1.30 bits per heavy atom. The van der Waals surface area contributed by atoms with Crippen LogP contribution >= 0.6 is 0 Å². The molecule has 3 rings (SSSR count). The molecule has 0 radical (unpaired) electrons. The van der Waals surface area contributed by atoms with E-state index in [1.54, 1.807) is 7.11 Å². The van der Waals surface area contributed by atoms with Crippen molar-refractivity contribution in [3.63, 3.8) is 0 Å². The molecular formula is C18H33N3O2. The number of nitrogens with zero attached hydrogens (tertiary/aromatic N) is 2. The van der Waals surface area contributed by atoms with Gasteiger partial charge >= 0.3 is 6.03 Å². The van der Waals surface area contributed by atoms with Crippen LogP contribution in [0.1, 0.15) is 46.5 Å². The van der Waals surface area contributed by atoms with Crippen molar-refractivity contribution in [1.82, 2.24) is 15.1 Å². The Hall–Kier alpha value is -0.810. The van der Waals surface area contributed by atoms with Crippen LogP contribution in [0.3, 0.4) is 0 Å². The lowest BCUT2D eigenvalue weighted by Crippen LogP contribution is -2.69. The molecule has 1 aliphatic heterocycles. The maximum Gasteiger partial charge on any atom is 0.317 e. The molecule has 2 amide bonds. The smallest absolute Gasteiger partial charge is 0.317 e. The van der Waals surface area contributed by atoms with Crippen molar-refractivity contribution in [2.24, 2.45) is 11.3 Å². The van der Waals surface area contributed by atoms with E-state index in [4.69, 9.17) is 4.74 Å². The zero-order valence-electron chi connectivity index (χ0n) is 15.4. The number of hydrogen-bond acceptors (Lipinski definition) is 3. The molecule has 0 aromatic rings. The summed E-state index contributed by atoms with van der Waals surface area (Å²) in [6.45, 7) is 9.90. The normalized spacial score (nSPS) is 36.6. The quantitative estimate of drug-likeness (QED) is 0.844. The molecule has 2 aliphatic carbocycles. The van der Waals surface area contributed by atoms with Crippen LogP contribution in [0.15, 0.2) is 0 Å². The van der Waals surface area contributed by atoms with Gasteiger partial charge in [-0.25, -0.2) is 4.79 Å². The third kappa shape index (κ3) is 3.10. The molecule has 5 nitrogen and oxygen atoms in total. The summed E-state index contributed by atoms with van der Waals surface area (Å²) in [5, 5.41) is 3.24. The summed E-state index contributed by atoms with van der Waals surface area (Å²) in [7, 11) is 3.69. The molecule has 0 aromatic carbocycles. The van der Waals surface area contributed by atoms with E-state index in [1.807, 2.05) is 11.9 Å². The number of carbonyl (C=O) groups is 1. The SMILES string of the molecule is CO[C@]1(C)C[C@@H](N(C)C(=O)N[C@H]2CCN(CC3CC3)C2)C1(C)C. The highest BCUT2D eigenvalue weighted by Gasteiger charge is 2.59. The minimum absolute atomic E-state index is 0.0263. The highest BCUT2D eigenvalue weighted by atomic mass is 16.5. The predicted molar refractivity (Wildman–Crippen MR) is 91.5 cm³/mol. The molecule has 5 heteroatoms. The molecule has 132 valence electrons. The monoisotopic (exact) mass is 323 g/mol. The zero-order valence-corrected chi connectivity index (χ0v) is 15.4. The Kier molecular flexibility index (Phi) is 4.38. The standard InChI is InChI=1S/C18H33N3O2/c1-17(2)15(10-18(17,3)23-5)20(4)16(22)19-14-8-9-21(12-14)11-13-6-7-13/h13-15H,6-12H2,1-5H3,(H,19,22)/t14-,15+,18+/m0/s1. The summed E-state index contributed by atoms with van der Waals surface area (Å²) in [6, 6.07) is 0.608. The minimum atomic E-state index is -0.138. The van der Waals surface area contributed by atoms with Gasteiger partial charge in [-0.3, -0.25) is 0 Å². The predicted octanol–water partition coefficient (Wildman–Crippen LogP) is 2.32.